The molecular formula is C21H36FIN4O2. The molecule has 0 radical (unpaired) electrons. The van der Waals surface area contributed by atoms with Gasteiger partial charge in [0.05, 0.1) is 13.7 Å². The van der Waals surface area contributed by atoms with Crippen LogP contribution in [-0.4, -0.2) is 76.4 Å². The zero-order valence-corrected chi connectivity index (χ0v) is 20.4. The van der Waals surface area contributed by atoms with Crippen LogP contribution in [0.2, 0.25) is 0 Å². The van der Waals surface area contributed by atoms with E-state index in [1.54, 1.807) is 13.2 Å². The van der Waals surface area contributed by atoms with E-state index in [-0.39, 0.29) is 35.5 Å². The molecule has 1 aliphatic heterocycles. The van der Waals surface area contributed by atoms with Gasteiger partial charge in [-0.05, 0) is 56.5 Å². The SMILES string of the molecule is CCNC(=NCC1CCN(CCOC)CC1)N(C)Cc1ccc(OC)c(F)c1.I. The van der Waals surface area contributed by atoms with Gasteiger partial charge in [0.15, 0.2) is 17.5 Å². The number of ether oxygens (including phenoxy) is 2. The molecule has 0 spiro atoms. The third-order valence-electron chi connectivity index (χ3n) is 5.15. The minimum Gasteiger partial charge on any atom is -0.494 e. The Kier molecular flexibility index (Phi) is 12.5. The van der Waals surface area contributed by atoms with Gasteiger partial charge < -0.3 is 24.6 Å². The van der Waals surface area contributed by atoms with E-state index < -0.39 is 0 Å². The Morgan fingerprint density at radius 1 is 1.31 bits per heavy atom. The average Bonchev–Trinajstić information content (AvgIpc) is 2.70. The number of nitrogens with zero attached hydrogens (tertiary/aromatic N) is 3. The van der Waals surface area contributed by atoms with E-state index in [2.05, 4.69) is 17.1 Å². The van der Waals surface area contributed by atoms with Crippen LogP contribution in [0.3, 0.4) is 0 Å². The highest BCUT2D eigenvalue weighted by molar-refractivity contribution is 14.0. The molecule has 1 fully saturated rings. The highest BCUT2D eigenvalue weighted by Crippen LogP contribution is 2.19. The van der Waals surface area contributed by atoms with Crippen LogP contribution >= 0.6 is 24.0 Å². The van der Waals surface area contributed by atoms with Crippen LogP contribution in [-0.2, 0) is 11.3 Å². The summed E-state index contributed by atoms with van der Waals surface area (Å²) in [5.74, 6) is 1.40. The molecule has 0 amide bonds. The highest BCUT2D eigenvalue weighted by Gasteiger charge is 2.19. The van der Waals surface area contributed by atoms with Gasteiger partial charge in [-0.2, -0.15) is 0 Å². The van der Waals surface area contributed by atoms with Crippen LogP contribution in [0.25, 0.3) is 0 Å². The van der Waals surface area contributed by atoms with Crippen LogP contribution in [0, 0.1) is 11.7 Å². The lowest BCUT2D eigenvalue weighted by Crippen LogP contribution is -2.40. The first-order valence-electron chi connectivity index (χ1n) is 10.1. The largest absolute Gasteiger partial charge is 0.494 e. The lowest BCUT2D eigenvalue weighted by molar-refractivity contribution is 0.121. The molecule has 1 heterocycles. The second-order valence-electron chi connectivity index (χ2n) is 7.30. The van der Waals surface area contributed by atoms with Gasteiger partial charge in [-0.15, -0.1) is 24.0 Å². The molecule has 1 aromatic carbocycles. The van der Waals surface area contributed by atoms with Crippen LogP contribution in [0.4, 0.5) is 4.39 Å². The molecule has 0 aliphatic carbocycles. The van der Waals surface area contributed by atoms with E-state index in [1.165, 1.54) is 26.0 Å². The van der Waals surface area contributed by atoms with Crippen LogP contribution in [0.5, 0.6) is 5.75 Å². The summed E-state index contributed by atoms with van der Waals surface area (Å²) in [5.41, 5.74) is 0.887. The van der Waals surface area contributed by atoms with Crippen LogP contribution < -0.4 is 10.1 Å². The molecule has 6 nitrogen and oxygen atoms in total. The number of hydrogen-bond donors (Lipinski definition) is 1. The molecule has 0 atom stereocenters. The van der Waals surface area contributed by atoms with Crippen molar-refractivity contribution < 1.29 is 13.9 Å². The monoisotopic (exact) mass is 522 g/mol. The van der Waals surface area contributed by atoms with Crippen molar-refractivity contribution in [3.05, 3.63) is 29.6 Å². The molecule has 1 aliphatic rings. The van der Waals surface area contributed by atoms with Gasteiger partial charge in [-0.25, -0.2) is 4.39 Å². The Balaban J connectivity index is 0.00000420. The van der Waals surface area contributed by atoms with E-state index in [4.69, 9.17) is 14.5 Å². The van der Waals surface area contributed by atoms with Crippen LogP contribution in [0.15, 0.2) is 23.2 Å². The minimum atomic E-state index is -0.337. The molecule has 1 aromatic rings. The number of nitrogens with one attached hydrogen (secondary N) is 1. The van der Waals surface area contributed by atoms with Crippen molar-refractivity contribution in [3.63, 3.8) is 0 Å². The van der Waals surface area contributed by atoms with Crippen molar-refractivity contribution in [2.45, 2.75) is 26.3 Å². The number of methoxy groups -OCH3 is 2. The summed E-state index contributed by atoms with van der Waals surface area (Å²) in [4.78, 5) is 9.34. The highest BCUT2D eigenvalue weighted by atomic mass is 127. The van der Waals surface area contributed by atoms with Crippen molar-refractivity contribution in [2.24, 2.45) is 10.9 Å². The molecular weight excluding hydrogens is 486 g/mol. The number of likely N-dealkylation sites (tertiary alicyclic amines) is 1. The normalized spacial score (nSPS) is 15.7. The number of benzene rings is 1. The second kappa shape index (κ2) is 14.0. The summed E-state index contributed by atoms with van der Waals surface area (Å²) < 4.78 is 24.1. The van der Waals surface area contributed by atoms with E-state index in [9.17, 15) is 4.39 Å². The van der Waals surface area contributed by atoms with Gasteiger partial charge in [0.1, 0.15) is 0 Å². The summed E-state index contributed by atoms with van der Waals surface area (Å²) in [6.07, 6.45) is 2.33. The molecule has 0 unspecified atom stereocenters. The molecule has 0 aromatic heterocycles. The molecule has 0 saturated carbocycles. The first-order valence-corrected chi connectivity index (χ1v) is 10.1. The van der Waals surface area contributed by atoms with Gasteiger partial charge in [0.2, 0.25) is 0 Å². The molecule has 2 rings (SSSR count). The Bertz CT molecular complexity index is 625. The summed E-state index contributed by atoms with van der Waals surface area (Å²) in [7, 11) is 5.21. The summed E-state index contributed by atoms with van der Waals surface area (Å²) >= 11 is 0. The minimum absolute atomic E-state index is 0. The fraction of sp³-hybridized carbons (Fsp3) is 0.667. The molecule has 0 bridgehead atoms. The topological polar surface area (TPSA) is 49.3 Å². The maximum Gasteiger partial charge on any atom is 0.193 e. The van der Waals surface area contributed by atoms with Crippen LogP contribution in [0.1, 0.15) is 25.3 Å². The summed E-state index contributed by atoms with van der Waals surface area (Å²) in [6.45, 7) is 8.30. The number of piperidine rings is 1. The smallest absolute Gasteiger partial charge is 0.193 e. The number of halogens is 2. The standard InChI is InChI=1S/C21H35FN4O2.HI/c1-5-23-21(24-15-17-8-10-26(11-9-17)12-13-27-3)25(2)16-18-6-7-20(28-4)19(22)14-18;/h6-7,14,17H,5,8-13,15-16H2,1-4H3,(H,23,24);1H. The Morgan fingerprint density at radius 2 is 2.03 bits per heavy atom. The zero-order chi connectivity index (χ0) is 20.4. The lowest BCUT2D eigenvalue weighted by Gasteiger charge is -2.31. The maximum atomic E-state index is 13.9. The van der Waals surface area contributed by atoms with E-state index in [0.29, 0.717) is 12.5 Å². The predicted molar refractivity (Wildman–Crippen MR) is 127 cm³/mol. The molecule has 8 heteroatoms. The van der Waals surface area contributed by atoms with Gasteiger partial charge in [0, 0.05) is 40.3 Å². The second-order valence-corrected chi connectivity index (χ2v) is 7.30. The Hall–Kier alpha value is -1.13. The molecule has 1 saturated heterocycles. The lowest BCUT2D eigenvalue weighted by atomic mass is 9.97. The molecule has 29 heavy (non-hydrogen) atoms. The predicted octanol–water partition coefficient (Wildman–Crippen LogP) is 3.21. The van der Waals surface area contributed by atoms with Gasteiger partial charge in [0.25, 0.3) is 0 Å². The third-order valence-corrected chi connectivity index (χ3v) is 5.15. The number of hydrogen-bond acceptors (Lipinski definition) is 4. The first kappa shape index (κ1) is 25.9. The number of aliphatic imine (C=N–C) groups is 1. The van der Waals surface area contributed by atoms with Crippen molar-refractivity contribution in [3.8, 4) is 5.75 Å². The van der Waals surface area contributed by atoms with Gasteiger partial charge in [-0.1, -0.05) is 6.07 Å². The van der Waals surface area contributed by atoms with Gasteiger partial charge in [-0.3, -0.25) is 4.99 Å². The first-order chi connectivity index (χ1) is 13.6. The van der Waals surface area contributed by atoms with Gasteiger partial charge >= 0.3 is 0 Å². The van der Waals surface area contributed by atoms with E-state index in [1.807, 2.05) is 18.0 Å². The molecule has 1 N–H and O–H groups in total. The van der Waals surface area contributed by atoms with Crippen molar-refractivity contribution in [1.82, 2.24) is 15.1 Å². The quantitative estimate of drug-likeness (QED) is 0.307. The van der Waals surface area contributed by atoms with Crippen molar-refractivity contribution in [1.29, 1.82) is 0 Å². The Labute approximate surface area is 191 Å². The fourth-order valence-electron chi connectivity index (χ4n) is 3.46. The summed E-state index contributed by atoms with van der Waals surface area (Å²) in [5, 5.41) is 3.35. The maximum absolute atomic E-state index is 13.9. The fourth-order valence-corrected chi connectivity index (χ4v) is 3.46. The Morgan fingerprint density at radius 3 is 2.62 bits per heavy atom. The average molecular weight is 522 g/mol. The zero-order valence-electron chi connectivity index (χ0n) is 18.1. The third kappa shape index (κ3) is 8.64. The molecule has 166 valence electrons. The van der Waals surface area contributed by atoms with E-state index in [0.717, 1.165) is 50.9 Å². The number of guanidine groups is 1. The van der Waals surface area contributed by atoms with E-state index >= 15 is 0 Å². The number of rotatable bonds is 9. The van der Waals surface area contributed by atoms with Crippen molar-refractivity contribution >= 4 is 29.9 Å². The van der Waals surface area contributed by atoms with Crippen molar-refractivity contribution in [2.75, 3.05) is 60.6 Å². The summed E-state index contributed by atoms with van der Waals surface area (Å²) in [6, 6.07) is 5.08.